The minimum absolute atomic E-state index is 0.00404. The predicted molar refractivity (Wildman–Crippen MR) is 142 cm³/mol. The van der Waals surface area contributed by atoms with Gasteiger partial charge in [0, 0.05) is 24.1 Å². The molecule has 1 heterocycles. The second-order valence-corrected chi connectivity index (χ2v) is 10.6. The molecule has 1 unspecified atom stereocenters. The van der Waals surface area contributed by atoms with Gasteiger partial charge >= 0.3 is 6.18 Å². The third-order valence-electron chi connectivity index (χ3n) is 7.77. The Kier molecular flexibility index (Phi) is 8.28. The molecule has 9 heteroatoms. The highest BCUT2D eigenvalue weighted by atomic mass is 19.4. The van der Waals surface area contributed by atoms with Gasteiger partial charge in [0.15, 0.2) is 0 Å². The largest absolute Gasteiger partial charge is 0.416 e. The summed E-state index contributed by atoms with van der Waals surface area (Å²) in [5.74, 6) is -0.0737. The number of hydrogen-bond acceptors (Lipinski definition) is 4. The average Bonchev–Trinajstić information content (AvgIpc) is 3.18. The van der Waals surface area contributed by atoms with Crippen molar-refractivity contribution in [1.82, 2.24) is 10.2 Å². The number of ketones is 1. The highest BCUT2D eigenvalue weighted by molar-refractivity contribution is 6.46. The van der Waals surface area contributed by atoms with E-state index in [4.69, 9.17) is 4.99 Å². The first-order chi connectivity index (χ1) is 18.4. The molecular weight excluding hydrogens is 507 g/mol. The van der Waals surface area contributed by atoms with E-state index in [9.17, 15) is 27.6 Å². The molecule has 39 heavy (non-hydrogen) atoms. The molecular formula is C30H34F3N3O3. The second kappa shape index (κ2) is 11.3. The first-order valence-corrected chi connectivity index (χ1v) is 13.4. The fraction of sp³-hybridized carbons (Fsp3) is 0.467. The van der Waals surface area contributed by atoms with Crippen LogP contribution in [0.2, 0.25) is 0 Å². The van der Waals surface area contributed by atoms with Crippen LogP contribution in [0.3, 0.4) is 0 Å². The molecule has 4 rings (SSSR count). The van der Waals surface area contributed by atoms with Crippen molar-refractivity contribution in [3.63, 3.8) is 0 Å². The van der Waals surface area contributed by atoms with Gasteiger partial charge in [-0.05, 0) is 74.8 Å². The maximum absolute atomic E-state index is 13.9. The Hall–Kier alpha value is -3.49. The van der Waals surface area contributed by atoms with Crippen LogP contribution in [-0.2, 0) is 15.8 Å². The molecule has 0 radical (unpaired) electrons. The summed E-state index contributed by atoms with van der Waals surface area (Å²) in [4.78, 5) is 44.3. The van der Waals surface area contributed by atoms with Gasteiger partial charge in [-0.15, -0.1) is 0 Å². The Morgan fingerprint density at radius 2 is 1.69 bits per heavy atom. The van der Waals surface area contributed by atoms with Crippen molar-refractivity contribution in [3.8, 4) is 0 Å². The van der Waals surface area contributed by atoms with E-state index in [0.717, 1.165) is 30.5 Å². The third-order valence-corrected chi connectivity index (χ3v) is 7.77. The smallest absolute Gasteiger partial charge is 0.352 e. The number of halogens is 3. The van der Waals surface area contributed by atoms with Crippen LogP contribution in [0.15, 0.2) is 53.5 Å². The van der Waals surface area contributed by atoms with E-state index in [-0.39, 0.29) is 42.3 Å². The Labute approximate surface area is 226 Å². The topological polar surface area (TPSA) is 78.8 Å². The van der Waals surface area contributed by atoms with Gasteiger partial charge in [-0.3, -0.25) is 19.4 Å². The number of nitrogens with one attached hydrogen (secondary N) is 1. The lowest BCUT2D eigenvalue weighted by molar-refractivity contribution is -0.137. The molecule has 1 aliphatic carbocycles. The number of rotatable bonds is 8. The summed E-state index contributed by atoms with van der Waals surface area (Å²) in [6.07, 6.45) is -0.457. The molecule has 2 aromatic rings. The average molecular weight is 542 g/mol. The Balaban J connectivity index is 1.63. The van der Waals surface area contributed by atoms with Crippen molar-refractivity contribution in [3.05, 3.63) is 70.8 Å². The molecule has 2 aromatic carbocycles. The lowest BCUT2D eigenvalue weighted by Crippen LogP contribution is -2.50. The van der Waals surface area contributed by atoms with E-state index in [1.54, 1.807) is 12.1 Å². The lowest BCUT2D eigenvalue weighted by atomic mass is 9.81. The van der Waals surface area contributed by atoms with E-state index < -0.39 is 17.4 Å². The SMILES string of the molecule is CCC(c1ccc(C(=O)NCCC(C)=O)cc1)N1C(=O)C(c2ccc(C(F)(F)F)cc2)=NC12CCC(C)CC2. The van der Waals surface area contributed by atoms with Crippen LogP contribution >= 0.6 is 0 Å². The van der Waals surface area contributed by atoms with Crippen molar-refractivity contribution in [2.45, 2.75) is 77.2 Å². The summed E-state index contributed by atoms with van der Waals surface area (Å²) in [7, 11) is 0. The van der Waals surface area contributed by atoms with Crippen LogP contribution in [0, 0.1) is 5.92 Å². The molecule has 1 N–H and O–H groups in total. The van der Waals surface area contributed by atoms with Crippen LogP contribution in [0.4, 0.5) is 13.2 Å². The molecule has 1 atom stereocenters. The summed E-state index contributed by atoms with van der Waals surface area (Å²) >= 11 is 0. The molecule has 1 spiro atoms. The van der Waals surface area contributed by atoms with Gasteiger partial charge in [-0.1, -0.05) is 38.1 Å². The Bertz CT molecular complexity index is 1240. The lowest BCUT2D eigenvalue weighted by Gasteiger charge is -2.44. The van der Waals surface area contributed by atoms with E-state index in [0.29, 0.717) is 36.3 Å². The van der Waals surface area contributed by atoms with Crippen LogP contribution in [0.1, 0.15) is 92.4 Å². The van der Waals surface area contributed by atoms with E-state index in [2.05, 4.69) is 12.2 Å². The number of alkyl halides is 3. The summed E-state index contributed by atoms with van der Waals surface area (Å²) in [6, 6.07) is 11.4. The number of hydrogen-bond donors (Lipinski definition) is 1. The molecule has 6 nitrogen and oxygen atoms in total. The number of aliphatic imine (C=N–C) groups is 1. The molecule has 0 aromatic heterocycles. The molecule has 0 saturated heterocycles. The number of carbonyl (C=O) groups excluding carboxylic acids is 3. The fourth-order valence-corrected chi connectivity index (χ4v) is 5.50. The van der Waals surface area contributed by atoms with Gasteiger partial charge < -0.3 is 10.2 Å². The molecule has 208 valence electrons. The number of nitrogens with zero attached hydrogens (tertiary/aromatic N) is 2. The zero-order valence-corrected chi connectivity index (χ0v) is 22.5. The zero-order valence-electron chi connectivity index (χ0n) is 22.5. The molecule has 2 amide bonds. The van der Waals surface area contributed by atoms with E-state index in [1.807, 2.05) is 24.0 Å². The van der Waals surface area contributed by atoms with Gasteiger partial charge in [0.25, 0.3) is 11.8 Å². The van der Waals surface area contributed by atoms with Crippen molar-refractivity contribution in [1.29, 1.82) is 0 Å². The molecule has 2 aliphatic rings. The first kappa shape index (κ1) is 28.5. The quantitative estimate of drug-likeness (QED) is 0.439. The molecule has 1 fully saturated rings. The fourth-order valence-electron chi connectivity index (χ4n) is 5.50. The van der Waals surface area contributed by atoms with Gasteiger partial charge in [-0.25, -0.2) is 0 Å². The van der Waals surface area contributed by atoms with Gasteiger partial charge in [0.2, 0.25) is 0 Å². The molecule has 1 saturated carbocycles. The van der Waals surface area contributed by atoms with Crippen LogP contribution in [-0.4, -0.2) is 40.4 Å². The van der Waals surface area contributed by atoms with Gasteiger partial charge in [0.1, 0.15) is 17.2 Å². The number of amides is 2. The monoisotopic (exact) mass is 541 g/mol. The van der Waals surface area contributed by atoms with Crippen LogP contribution in [0.25, 0.3) is 0 Å². The van der Waals surface area contributed by atoms with Crippen molar-refractivity contribution < 1.29 is 27.6 Å². The summed E-state index contributed by atoms with van der Waals surface area (Å²) < 4.78 is 39.4. The summed E-state index contributed by atoms with van der Waals surface area (Å²) in [5, 5.41) is 2.73. The summed E-state index contributed by atoms with van der Waals surface area (Å²) in [5.41, 5.74) is 0.345. The minimum atomic E-state index is -4.46. The Morgan fingerprint density at radius 3 is 2.23 bits per heavy atom. The van der Waals surface area contributed by atoms with Crippen molar-refractivity contribution in [2.75, 3.05) is 6.54 Å². The third kappa shape index (κ3) is 6.07. The highest BCUT2D eigenvalue weighted by Gasteiger charge is 2.51. The predicted octanol–water partition coefficient (Wildman–Crippen LogP) is 6.10. The van der Waals surface area contributed by atoms with Crippen molar-refractivity contribution in [2.24, 2.45) is 10.9 Å². The maximum Gasteiger partial charge on any atom is 0.416 e. The number of Topliss-reactive ketones (excluding diaryl/α,β-unsaturated/α-hetero) is 1. The number of benzene rings is 2. The van der Waals surface area contributed by atoms with Gasteiger partial charge in [0.05, 0.1) is 11.6 Å². The summed E-state index contributed by atoms with van der Waals surface area (Å²) in [6.45, 7) is 5.89. The number of carbonyl (C=O) groups is 3. The van der Waals surface area contributed by atoms with Crippen LogP contribution < -0.4 is 5.32 Å². The highest BCUT2D eigenvalue weighted by Crippen LogP contribution is 2.46. The van der Waals surface area contributed by atoms with Gasteiger partial charge in [-0.2, -0.15) is 13.2 Å². The minimum Gasteiger partial charge on any atom is -0.352 e. The molecule has 1 aliphatic heterocycles. The maximum atomic E-state index is 13.9. The second-order valence-electron chi connectivity index (χ2n) is 10.6. The van der Waals surface area contributed by atoms with Crippen molar-refractivity contribution >= 4 is 23.3 Å². The standard InChI is InChI=1S/C30H34F3N3O3/c1-4-25(21-5-7-23(8-6-21)27(38)34-18-15-20(3)37)36-28(39)26(35-29(36)16-13-19(2)14-17-29)22-9-11-24(12-10-22)30(31,32)33/h5-12,19,25H,4,13-18H2,1-3H3,(H,34,38). The first-order valence-electron chi connectivity index (χ1n) is 13.4. The zero-order chi connectivity index (χ0) is 28.4. The van der Waals surface area contributed by atoms with E-state index >= 15 is 0 Å². The normalized spacial score (nSPS) is 22.1. The Morgan fingerprint density at radius 1 is 1.08 bits per heavy atom. The van der Waals surface area contributed by atoms with Crippen LogP contribution in [0.5, 0.6) is 0 Å². The van der Waals surface area contributed by atoms with E-state index in [1.165, 1.54) is 19.1 Å². The molecule has 0 bridgehead atoms.